The highest BCUT2D eigenvalue weighted by atomic mass is 35.5. The molecule has 5 rings (SSSR count). The number of benzene rings is 3. The van der Waals surface area contributed by atoms with Gasteiger partial charge in [-0.2, -0.15) is 0 Å². The second-order valence-electron chi connectivity index (χ2n) is 7.99. The van der Waals surface area contributed by atoms with Crippen molar-refractivity contribution in [1.29, 1.82) is 0 Å². The number of thiazole rings is 1. The first-order valence-electron chi connectivity index (χ1n) is 11.3. The average molecular weight is 535 g/mol. The molecule has 1 aliphatic rings. The molecule has 1 aromatic heterocycles. The Hall–Kier alpha value is -3.45. The van der Waals surface area contributed by atoms with Crippen LogP contribution in [0, 0.1) is 0 Å². The van der Waals surface area contributed by atoms with Crippen LogP contribution in [0.15, 0.2) is 94.2 Å². The van der Waals surface area contributed by atoms with Crippen LogP contribution in [0.25, 0.3) is 11.8 Å². The lowest BCUT2D eigenvalue weighted by molar-refractivity contribution is -0.138. The zero-order chi connectivity index (χ0) is 25.2. The molecule has 36 heavy (non-hydrogen) atoms. The second kappa shape index (κ2) is 10.3. The van der Waals surface area contributed by atoms with Gasteiger partial charge in [-0.05, 0) is 30.2 Å². The number of aromatic nitrogens is 1. The quantitative estimate of drug-likeness (QED) is 0.329. The highest BCUT2D eigenvalue weighted by Gasteiger charge is 2.35. The molecule has 0 amide bonds. The first-order chi connectivity index (χ1) is 17.5. The third kappa shape index (κ3) is 4.44. The van der Waals surface area contributed by atoms with E-state index >= 15 is 0 Å². The molecule has 4 aromatic rings. The van der Waals surface area contributed by atoms with Gasteiger partial charge in [-0.1, -0.05) is 107 Å². The van der Waals surface area contributed by atoms with Crippen molar-refractivity contribution in [2.45, 2.75) is 13.0 Å². The number of halogens is 2. The van der Waals surface area contributed by atoms with E-state index in [2.05, 4.69) is 0 Å². The molecule has 0 N–H and O–H groups in total. The van der Waals surface area contributed by atoms with Gasteiger partial charge in [0.25, 0.3) is 5.56 Å². The van der Waals surface area contributed by atoms with E-state index in [4.69, 9.17) is 32.9 Å². The van der Waals surface area contributed by atoms with Gasteiger partial charge in [-0.3, -0.25) is 9.36 Å². The number of fused-ring (bicyclic) bond motifs is 1. The summed E-state index contributed by atoms with van der Waals surface area (Å²) in [4.78, 5) is 32.5. The highest BCUT2D eigenvalue weighted by Crippen LogP contribution is 2.35. The van der Waals surface area contributed by atoms with Gasteiger partial charge in [0, 0.05) is 5.56 Å². The van der Waals surface area contributed by atoms with Gasteiger partial charge in [0.05, 0.1) is 38.5 Å². The number of esters is 1. The lowest BCUT2D eigenvalue weighted by Gasteiger charge is -2.25. The summed E-state index contributed by atoms with van der Waals surface area (Å²) in [6, 6.07) is 23.4. The van der Waals surface area contributed by atoms with Gasteiger partial charge in [0.2, 0.25) is 0 Å². The topological polar surface area (TPSA) is 60.7 Å². The summed E-state index contributed by atoms with van der Waals surface area (Å²) in [5.41, 5.74) is 2.68. The fraction of sp³-hybridized carbons (Fsp3) is 0.107. The van der Waals surface area contributed by atoms with Crippen LogP contribution in [0.1, 0.15) is 29.7 Å². The minimum absolute atomic E-state index is 0.198. The molecule has 0 unspecified atom stereocenters. The van der Waals surface area contributed by atoms with E-state index in [-0.39, 0.29) is 12.2 Å². The van der Waals surface area contributed by atoms with Crippen molar-refractivity contribution in [2.24, 2.45) is 4.99 Å². The Labute approximate surface area is 221 Å². The minimum Gasteiger partial charge on any atom is -0.463 e. The molecule has 0 saturated heterocycles. The Balaban J connectivity index is 1.84. The van der Waals surface area contributed by atoms with E-state index < -0.39 is 12.0 Å². The summed E-state index contributed by atoms with van der Waals surface area (Å²) < 4.78 is 7.45. The van der Waals surface area contributed by atoms with Gasteiger partial charge in [-0.15, -0.1) is 0 Å². The van der Waals surface area contributed by atoms with Gasteiger partial charge in [-0.25, -0.2) is 9.79 Å². The predicted octanol–water partition coefficient (Wildman–Crippen LogP) is 5.24. The second-order valence-corrected chi connectivity index (χ2v) is 9.78. The Morgan fingerprint density at radius 2 is 1.72 bits per heavy atom. The number of carbonyl (C=O) groups is 1. The molecule has 3 aromatic carbocycles. The maximum Gasteiger partial charge on any atom is 0.338 e. The third-order valence-corrected chi connectivity index (χ3v) is 7.57. The van der Waals surface area contributed by atoms with E-state index in [1.165, 1.54) is 11.3 Å². The van der Waals surface area contributed by atoms with Gasteiger partial charge in [0.1, 0.15) is 0 Å². The van der Waals surface area contributed by atoms with Crippen LogP contribution in [-0.4, -0.2) is 17.1 Å². The molecule has 0 radical (unpaired) electrons. The average Bonchev–Trinajstić information content (AvgIpc) is 3.21. The molecular formula is C28H20Cl2N2O3S. The van der Waals surface area contributed by atoms with Crippen LogP contribution in [0.5, 0.6) is 0 Å². The van der Waals surface area contributed by atoms with Crippen LogP contribution in [0.4, 0.5) is 0 Å². The molecule has 5 nitrogen and oxygen atoms in total. The standard InChI is InChI=1S/C28H20Cl2N2O3S/c1-2-35-27(34)22-24(17-10-5-3-6-11-17)31-28-32(25(22)18-12-7-4-8-13-18)26(33)21(36-28)16-19-14-9-15-20(29)23(19)30/h3-16,25H,2H2,1H3/b21-16-/t25-/m0/s1. The molecule has 180 valence electrons. The van der Waals surface area contributed by atoms with Crippen LogP contribution in [0.3, 0.4) is 0 Å². The molecule has 0 spiro atoms. The lowest BCUT2D eigenvalue weighted by atomic mass is 9.93. The summed E-state index contributed by atoms with van der Waals surface area (Å²) >= 11 is 13.8. The van der Waals surface area contributed by atoms with E-state index in [9.17, 15) is 9.59 Å². The molecule has 0 bridgehead atoms. The molecule has 0 saturated carbocycles. The Bertz CT molecular complexity index is 1660. The Kier molecular flexibility index (Phi) is 6.92. The highest BCUT2D eigenvalue weighted by molar-refractivity contribution is 7.07. The molecule has 8 heteroatoms. The number of nitrogens with zero attached hydrogens (tertiary/aromatic N) is 2. The summed E-state index contributed by atoms with van der Waals surface area (Å²) in [5.74, 6) is -0.513. The number of hydrogen-bond donors (Lipinski definition) is 0. The molecular weight excluding hydrogens is 515 g/mol. The number of hydrogen-bond acceptors (Lipinski definition) is 5. The molecule has 1 atom stereocenters. The smallest absolute Gasteiger partial charge is 0.338 e. The largest absolute Gasteiger partial charge is 0.463 e. The number of carbonyl (C=O) groups excluding carboxylic acids is 1. The zero-order valence-electron chi connectivity index (χ0n) is 19.2. The van der Waals surface area contributed by atoms with Gasteiger partial charge in [0.15, 0.2) is 4.80 Å². The van der Waals surface area contributed by atoms with E-state index in [0.717, 1.165) is 11.1 Å². The van der Waals surface area contributed by atoms with Crippen molar-refractivity contribution in [3.05, 3.63) is 131 Å². The van der Waals surface area contributed by atoms with Crippen molar-refractivity contribution in [3.63, 3.8) is 0 Å². The summed E-state index contributed by atoms with van der Waals surface area (Å²) in [6.07, 6.45) is 1.70. The monoisotopic (exact) mass is 534 g/mol. The summed E-state index contributed by atoms with van der Waals surface area (Å²) in [6.45, 7) is 1.95. The molecule has 2 heterocycles. The van der Waals surface area contributed by atoms with Gasteiger partial charge < -0.3 is 4.74 Å². The molecule has 0 aliphatic carbocycles. The van der Waals surface area contributed by atoms with Crippen molar-refractivity contribution in [2.75, 3.05) is 6.61 Å². The van der Waals surface area contributed by atoms with E-state index in [1.807, 2.05) is 60.7 Å². The molecule has 1 aliphatic heterocycles. The van der Waals surface area contributed by atoms with Crippen LogP contribution < -0.4 is 14.9 Å². The van der Waals surface area contributed by atoms with Crippen molar-refractivity contribution in [3.8, 4) is 0 Å². The minimum atomic E-state index is -0.714. The lowest BCUT2D eigenvalue weighted by Crippen LogP contribution is -2.40. The van der Waals surface area contributed by atoms with E-state index in [0.29, 0.717) is 36.2 Å². The number of rotatable bonds is 5. The Morgan fingerprint density at radius 1 is 1.03 bits per heavy atom. The Morgan fingerprint density at radius 3 is 2.42 bits per heavy atom. The SMILES string of the molecule is CCOC(=O)C1=C(c2ccccc2)N=c2s/c(=C\c3cccc(Cl)c3Cl)c(=O)n2[C@H]1c1ccccc1. The number of ether oxygens (including phenoxy) is 1. The summed E-state index contributed by atoms with van der Waals surface area (Å²) in [5, 5.41) is 0.762. The summed E-state index contributed by atoms with van der Waals surface area (Å²) in [7, 11) is 0. The van der Waals surface area contributed by atoms with Crippen molar-refractivity contribution in [1.82, 2.24) is 4.57 Å². The van der Waals surface area contributed by atoms with Crippen molar-refractivity contribution >= 4 is 52.3 Å². The fourth-order valence-electron chi connectivity index (χ4n) is 4.16. The maximum absolute atomic E-state index is 13.8. The zero-order valence-corrected chi connectivity index (χ0v) is 21.5. The predicted molar refractivity (Wildman–Crippen MR) is 144 cm³/mol. The van der Waals surface area contributed by atoms with Gasteiger partial charge >= 0.3 is 5.97 Å². The third-order valence-electron chi connectivity index (χ3n) is 5.76. The normalized spacial score (nSPS) is 15.4. The first-order valence-corrected chi connectivity index (χ1v) is 12.8. The van der Waals surface area contributed by atoms with Crippen LogP contribution in [-0.2, 0) is 9.53 Å². The first kappa shape index (κ1) is 24.3. The van der Waals surface area contributed by atoms with Crippen LogP contribution >= 0.6 is 34.5 Å². The van der Waals surface area contributed by atoms with Crippen molar-refractivity contribution < 1.29 is 9.53 Å². The van der Waals surface area contributed by atoms with E-state index in [1.54, 1.807) is 35.8 Å². The van der Waals surface area contributed by atoms with Crippen LogP contribution in [0.2, 0.25) is 10.0 Å². The molecule has 0 fully saturated rings. The maximum atomic E-state index is 13.8. The fourth-order valence-corrected chi connectivity index (χ4v) is 5.52.